The molecular formula is C12H16ClNO2. The molecular weight excluding hydrogens is 226 g/mol. The number of hydrogen-bond donors (Lipinski definition) is 1. The van der Waals surface area contributed by atoms with Crippen molar-refractivity contribution < 1.29 is 9.47 Å². The number of nitrogens with two attached hydrogens (primary N) is 1. The highest BCUT2D eigenvalue weighted by Gasteiger charge is 2.26. The van der Waals surface area contributed by atoms with E-state index in [2.05, 4.69) is 6.07 Å². The molecule has 1 saturated carbocycles. The van der Waals surface area contributed by atoms with Gasteiger partial charge >= 0.3 is 0 Å². The predicted octanol–water partition coefficient (Wildman–Crippen LogP) is 2.64. The molecule has 88 valence electrons. The minimum absolute atomic E-state index is 0. The van der Waals surface area contributed by atoms with Crippen LogP contribution in [0.1, 0.15) is 30.9 Å². The van der Waals surface area contributed by atoms with Crippen molar-refractivity contribution in [2.75, 3.05) is 6.79 Å². The van der Waals surface area contributed by atoms with Gasteiger partial charge in [-0.25, -0.2) is 0 Å². The molecule has 0 saturated heterocycles. The molecule has 16 heavy (non-hydrogen) atoms. The maximum Gasteiger partial charge on any atom is 0.231 e. The molecule has 3 nitrogen and oxygen atoms in total. The van der Waals surface area contributed by atoms with Gasteiger partial charge in [0.2, 0.25) is 6.79 Å². The Morgan fingerprint density at radius 1 is 1.19 bits per heavy atom. The minimum atomic E-state index is 0. The lowest BCUT2D eigenvalue weighted by molar-refractivity contribution is 0.174. The zero-order valence-corrected chi connectivity index (χ0v) is 9.83. The molecule has 1 heterocycles. The molecule has 1 aromatic rings. The number of benzene rings is 1. The Kier molecular flexibility index (Phi) is 3.26. The maximum absolute atomic E-state index is 6.20. The molecule has 0 aromatic heterocycles. The van der Waals surface area contributed by atoms with Gasteiger partial charge in [-0.05, 0) is 36.5 Å². The second-order valence-electron chi connectivity index (χ2n) is 4.33. The third-order valence-electron chi connectivity index (χ3n) is 3.44. The molecule has 1 aliphatic heterocycles. The van der Waals surface area contributed by atoms with Crippen LogP contribution in [0.15, 0.2) is 18.2 Å². The summed E-state index contributed by atoms with van der Waals surface area (Å²) in [6.07, 6.45) is 3.84. The van der Waals surface area contributed by atoms with E-state index in [1.807, 2.05) is 12.1 Å². The highest BCUT2D eigenvalue weighted by atomic mass is 35.5. The lowest BCUT2D eigenvalue weighted by Gasteiger charge is -2.31. The first-order chi connectivity index (χ1) is 7.34. The summed E-state index contributed by atoms with van der Waals surface area (Å²) >= 11 is 0. The van der Waals surface area contributed by atoms with E-state index in [9.17, 15) is 0 Å². The smallest absolute Gasteiger partial charge is 0.231 e. The Morgan fingerprint density at radius 2 is 1.94 bits per heavy atom. The summed E-state index contributed by atoms with van der Waals surface area (Å²) in [6, 6.07) is 6.19. The van der Waals surface area contributed by atoms with Gasteiger partial charge in [-0.15, -0.1) is 12.4 Å². The molecule has 4 heteroatoms. The van der Waals surface area contributed by atoms with Crippen LogP contribution in [0.4, 0.5) is 0 Å². The monoisotopic (exact) mass is 241 g/mol. The van der Waals surface area contributed by atoms with Gasteiger partial charge in [-0.3, -0.25) is 0 Å². The average Bonchev–Trinajstić information content (AvgIpc) is 2.61. The Hall–Kier alpha value is -0.930. The van der Waals surface area contributed by atoms with Gasteiger partial charge in [0, 0.05) is 6.04 Å². The third kappa shape index (κ3) is 1.85. The predicted molar refractivity (Wildman–Crippen MR) is 64.1 cm³/mol. The molecule has 0 radical (unpaired) electrons. The van der Waals surface area contributed by atoms with Crippen molar-refractivity contribution in [2.24, 2.45) is 11.7 Å². The molecule has 0 amide bonds. The molecule has 0 bridgehead atoms. The largest absolute Gasteiger partial charge is 0.454 e. The number of ether oxygens (including phenoxy) is 2. The van der Waals surface area contributed by atoms with Crippen molar-refractivity contribution in [2.45, 2.75) is 25.3 Å². The third-order valence-corrected chi connectivity index (χ3v) is 3.44. The molecule has 0 unspecified atom stereocenters. The lowest BCUT2D eigenvalue weighted by Crippen LogP contribution is -2.26. The van der Waals surface area contributed by atoms with Gasteiger partial charge < -0.3 is 15.2 Å². The molecule has 1 aliphatic carbocycles. The minimum Gasteiger partial charge on any atom is -0.454 e. The standard InChI is InChI=1S/C12H15NO2.ClH/c13-12(8-2-1-3-8)9-4-5-10-11(6-9)15-7-14-10;/h4-6,8,12H,1-3,7,13H2;1H/t12-;/m0./s1. The van der Waals surface area contributed by atoms with Crippen LogP contribution in [-0.2, 0) is 0 Å². The van der Waals surface area contributed by atoms with Crippen LogP contribution in [0.5, 0.6) is 11.5 Å². The maximum atomic E-state index is 6.20. The molecule has 0 spiro atoms. The van der Waals surface area contributed by atoms with Gasteiger partial charge in [0.15, 0.2) is 11.5 Å². The van der Waals surface area contributed by atoms with E-state index < -0.39 is 0 Å². The number of rotatable bonds is 2. The van der Waals surface area contributed by atoms with Crippen LogP contribution < -0.4 is 15.2 Å². The van der Waals surface area contributed by atoms with E-state index in [4.69, 9.17) is 15.2 Å². The van der Waals surface area contributed by atoms with E-state index in [0.717, 1.165) is 11.5 Å². The van der Waals surface area contributed by atoms with Crippen LogP contribution in [0.2, 0.25) is 0 Å². The average molecular weight is 242 g/mol. The van der Waals surface area contributed by atoms with Gasteiger partial charge in [0.1, 0.15) is 0 Å². The van der Waals surface area contributed by atoms with E-state index >= 15 is 0 Å². The van der Waals surface area contributed by atoms with Gasteiger partial charge in [-0.2, -0.15) is 0 Å². The zero-order chi connectivity index (χ0) is 10.3. The van der Waals surface area contributed by atoms with Crippen molar-refractivity contribution in [1.29, 1.82) is 0 Å². The first-order valence-electron chi connectivity index (χ1n) is 5.50. The molecule has 3 rings (SSSR count). The normalized spacial score (nSPS) is 19.8. The SMILES string of the molecule is Cl.N[C@H](c1ccc2c(c1)OCO2)C1CCC1. The number of fused-ring (bicyclic) bond motifs is 1. The summed E-state index contributed by atoms with van der Waals surface area (Å²) in [7, 11) is 0. The van der Waals surface area contributed by atoms with Gasteiger partial charge in [0.05, 0.1) is 0 Å². The summed E-state index contributed by atoms with van der Waals surface area (Å²) < 4.78 is 10.6. The molecule has 2 aliphatic rings. The second-order valence-corrected chi connectivity index (χ2v) is 4.33. The van der Waals surface area contributed by atoms with Crippen LogP contribution >= 0.6 is 12.4 Å². The number of hydrogen-bond acceptors (Lipinski definition) is 3. The van der Waals surface area contributed by atoms with Gasteiger partial charge in [-0.1, -0.05) is 12.5 Å². The van der Waals surface area contributed by atoms with Crippen molar-refractivity contribution in [3.8, 4) is 11.5 Å². The van der Waals surface area contributed by atoms with Crippen molar-refractivity contribution in [1.82, 2.24) is 0 Å². The number of halogens is 1. The lowest BCUT2D eigenvalue weighted by atomic mass is 9.77. The Balaban J connectivity index is 0.000000963. The van der Waals surface area contributed by atoms with Crippen LogP contribution in [0.25, 0.3) is 0 Å². The first-order valence-corrected chi connectivity index (χ1v) is 5.50. The molecule has 1 fully saturated rings. The van der Waals surface area contributed by atoms with E-state index in [1.54, 1.807) is 0 Å². The Morgan fingerprint density at radius 3 is 2.62 bits per heavy atom. The summed E-state index contributed by atoms with van der Waals surface area (Å²) in [5.74, 6) is 2.33. The van der Waals surface area contributed by atoms with Crippen LogP contribution in [0.3, 0.4) is 0 Å². The Labute approximate surface area is 101 Å². The highest BCUT2D eigenvalue weighted by molar-refractivity contribution is 5.85. The Bertz CT molecular complexity index is 379. The van der Waals surface area contributed by atoms with E-state index in [1.165, 1.54) is 24.8 Å². The topological polar surface area (TPSA) is 44.5 Å². The fourth-order valence-corrected chi connectivity index (χ4v) is 2.19. The van der Waals surface area contributed by atoms with Crippen LogP contribution in [0, 0.1) is 5.92 Å². The summed E-state index contributed by atoms with van der Waals surface area (Å²) in [6.45, 7) is 0.331. The summed E-state index contributed by atoms with van der Waals surface area (Å²) in [4.78, 5) is 0. The second kappa shape index (κ2) is 4.52. The molecule has 1 aromatic carbocycles. The van der Waals surface area contributed by atoms with E-state index in [0.29, 0.717) is 12.7 Å². The molecule has 1 atom stereocenters. The fourth-order valence-electron chi connectivity index (χ4n) is 2.19. The highest BCUT2D eigenvalue weighted by Crippen LogP contribution is 2.39. The van der Waals surface area contributed by atoms with Crippen LogP contribution in [-0.4, -0.2) is 6.79 Å². The first kappa shape index (κ1) is 11.6. The summed E-state index contributed by atoms with van der Waals surface area (Å²) in [5.41, 5.74) is 7.37. The summed E-state index contributed by atoms with van der Waals surface area (Å²) in [5, 5.41) is 0. The van der Waals surface area contributed by atoms with Crippen molar-refractivity contribution >= 4 is 12.4 Å². The fraction of sp³-hybridized carbons (Fsp3) is 0.500. The van der Waals surface area contributed by atoms with Gasteiger partial charge in [0.25, 0.3) is 0 Å². The van der Waals surface area contributed by atoms with E-state index in [-0.39, 0.29) is 18.4 Å². The van der Waals surface area contributed by atoms with Crippen molar-refractivity contribution in [3.05, 3.63) is 23.8 Å². The zero-order valence-electron chi connectivity index (χ0n) is 9.02. The van der Waals surface area contributed by atoms with Crippen molar-refractivity contribution in [3.63, 3.8) is 0 Å². The molecule has 2 N–H and O–H groups in total. The quantitative estimate of drug-likeness (QED) is 0.866.